The van der Waals surface area contributed by atoms with Gasteiger partial charge in [0, 0.05) is 56.4 Å². The fourth-order valence-electron chi connectivity index (χ4n) is 8.14. The van der Waals surface area contributed by atoms with E-state index >= 15 is 4.39 Å². The number of benzene rings is 2. The Kier molecular flexibility index (Phi) is 11.6. The quantitative estimate of drug-likeness (QED) is 0.431. The Morgan fingerprint density at radius 1 is 1.14 bits per heavy atom. The third kappa shape index (κ3) is 8.07. The number of carbonyl (C=O) groups is 2. The molecule has 51 heavy (non-hydrogen) atoms. The Labute approximate surface area is 305 Å². The summed E-state index contributed by atoms with van der Waals surface area (Å²) >= 11 is 6.45. The van der Waals surface area contributed by atoms with Gasteiger partial charge in [0.05, 0.1) is 37.4 Å². The molecule has 2 aromatic carbocycles. The first-order valence-corrected chi connectivity index (χ1v) is 19.7. The van der Waals surface area contributed by atoms with Crippen molar-refractivity contribution in [3.8, 4) is 5.75 Å². The van der Waals surface area contributed by atoms with Gasteiger partial charge in [0.25, 0.3) is 5.91 Å². The highest BCUT2D eigenvalue weighted by atomic mass is 35.5. The Balaban J connectivity index is 1.51. The Bertz CT molecular complexity index is 1750. The van der Waals surface area contributed by atoms with Gasteiger partial charge < -0.3 is 24.0 Å². The van der Waals surface area contributed by atoms with Crippen LogP contribution in [0.1, 0.15) is 60.5 Å². The number of ether oxygens (including phenoxy) is 3. The third-order valence-corrected chi connectivity index (χ3v) is 12.3. The summed E-state index contributed by atoms with van der Waals surface area (Å²) in [6, 6.07) is 9.64. The van der Waals surface area contributed by atoms with Crippen molar-refractivity contribution in [3.05, 3.63) is 70.0 Å². The van der Waals surface area contributed by atoms with Crippen molar-refractivity contribution in [2.24, 2.45) is 5.92 Å². The fourth-order valence-corrected chi connectivity index (χ4v) is 9.70. The molecule has 2 bridgehead atoms. The summed E-state index contributed by atoms with van der Waals surface area (Å²) in [6.45, 7) is 3.95. The number of amides is 2. The van der Waals surface area contributed by atoms with Crippen LogP contribution < -0.4 is 14.4 Å². The number of aryl methyl sites for hydroxylation is 1. The van der Waals surface area contributed by atoms with E-state index < -0.39 is 57.0 Å². The summed E-state index contributed by atoms with van der Waals surface area (Å²) in [5, 5.41) is 0.662. The van der Waals surface area contributed by atoms with Crippen molar-refractivity contribution < 1.29 is 36.6 Å². The predicted molar refractivity (Wildman–Crippen MR) is 193 cm³/mol. The summed E-state index contributed by atoms with van der Waals surface area (Å²) in [4.78, 5) is 33.7. The molecule has 1 saturated heterocycles. The monoisotopic (exact) mass is 746 g/mol. The number of rotatable bonds is 7. The number of carbonyl (C=O) groups excluding carboxylic acids is 2. The second kappa shape index (κ2) is 15.8. The number of anilines is 1. The van der Waals surface area contributed by atoms with E-state index in [-0.39, 0.29) is 38.3 Å². The molecule has 0 saturated carbocycles. The Morgan fingerprint density at radius 3 is 2.65 bits per heavy atom. The van der Waals surface area contributed by atoms with E-state index in [1.807, 2.05) is 17.0 Å². The van der Waals surface area contributed by atoms with Gasteiger partial charge in [0.15, 0.2) is 0 Å². The molecule has 14 heteroatoms. The molecular weight excluding hydrogens is 699 g/mol. The van der Waals surface area contributed by atoms with Crippen LogP contribution in [0, 0.1) is 5.92 Å². The maximum atomic E-state index is 16.9. The molecule has 2 amide bonds. The smallest absolute Gasteiger partial charge is 0.264 e. The highest BCUT2D eigenvalue weighted by Gasteiger charge is 2.48. The van der Waals surface area contributed by atoms with E-state index in [4.69, 9.17) is 25.8 Å². The molecule has 0 radical (unpaired) electrons. The van der Waals surface area contributed by atoms with Crippen LogP contribution in [-0.4, -0.2) is 108 Å². The fraction of sp³-hybridized carbons (Fsp3) is 0.568. The topological polar surface area (TPSA) is 118 Å². The van der Waals surface area contributed by atoms with Gasteiger partial charge >= 0.3 is 0 Å². The zero-order chi connectivity index (χ0) is 36.3. The van der Waals surface area contributed by atoms with Crippen LogP contribution in [0.15, 0.2) is 48.3 Å². The Hall–Kier alpha value is -3.23. The minimum Gasteiger partial charge on any atom is -0.490 e. The number of hydrogen-bond acceptors (Lipinski definition) is 9. The molecule has 3 aliphatic heterocycles. The highest BCUT2D eigenvalue weighted by molar-refractivity contribution is 7.90. The standard InChI is InChI=1S/C37H48ClFN4O7S/c1-25-8-12-30(39)34(36(45)41(16-18-48-2)17-19-49-3)42-15-5-7-33(42)43-23-37(14-4-6-26-20-28(38)10-11-29(26)37)24-50-32-13-9-27(21-31(32)43)35(44)40-51(46,47)22-25/h9-13,20-21,25,33-34H,4-8,14-19,22-24H2,1-3H3,(H,40,44)/b30-12-/t25-,33+,34+,37-/m0/s1. The van der Waals surface area contributed by atoms with E-state index in [1.165, 1.54) is 6.08 Å². The van der Waals surface area contributed by atoms with Gasteiger partial charge in [-0.2, -0.15) is 0 Å². The molecule has 1 fully saturated rings. The molecule has 0 aromatic heterocycles. The highest BCUT2D eigenvalue weighted by Crippen LogP contribution is 2.47. The summed E-state index contributed by atoms with van der Waals surface area (Å²) in [7, 11) is -0.966. The predicted octanol–water partition coefficient (Wildman–Crippen LogP) is 4.68. The summed E-state index contributed by atoms with van der Waals surface area (Å²) in [5.74, 6) is -2.21. The number of sulfonamides is 1. The van der Waals surface area contributed by atoms with Gasteiger partial charge in [-0.05, 0) is 85.9 Å². The molecule has 1 spiro atoms. The lowest BCUT2D eigenvalue weighted by atomic mass is 9.70. The van der Waals surface area contributed by atoms with Crippen molar-refractivity contribution in [1.82, 2.24) is 14.5 Å². The lowest BCUT2D eigenvalue weighted by Crippen LogP contribution is -2.58. The first kappa shape index (κ1) is 37.5. The first-order valence-electron chi connectivity index (χ1n) is 17.7. The van der Waals surface area contributed by atoms with E-state index in [1.54, 1.807) is 44.2 Å². The number of allylic oxidation sites excluding steroid dienone is 1. The number of hydrogen-bond donors (Lipinski definition) is 1. The van der Waals surface area contributed by atoms with Crippen LogP contribution in [0.5, 0.6) is 5.75 Å². The largest absolute Gasteiger partial charge is 0.490 e. The van der Waals surface area contributed by atoms with Crippen molar-refractivity contribution in [3.63, 3.8) is 0 Å². The van der Waals surface area contributed by atoms with E-state index in [0.29, 0.717) is 49.0 Å². The van der Waals surface area contributed by atoms with E-state index in [0.717, 1.165) is 30.4 Å². The first-order chi connectivity index (χ1) is 24.4. The molecule has 1 N–H and O–H groups in total. The third-order valence-electron chi connectivity index (χ3n) is 10.6. The SMILES string of the molecule is COCCN(CCOC)C(=O)[C@H]1/C(F)=C/C[C@H](C)CS(=O)(=O)NC(=O)c2ccc3c(c2)N(C[C@@]2(CCCc4cc(Cl)ccc42)CO3)[C@@H]2CCCN12. The molecule has 4 aliphatic rings. The number of nitrogens with one attached hydrogen (secondary N) is 1. The molecule has 6 rings (SSSR count). The van der Waals surface area contributed by atoms with Crippen LogP contribution in [0.25, 0.3) is 0 Å². The van der Waals surface area contributed by atoms with Crippen LogP contribution >= 0.6 is 11.6 Å². The van der Waals surface area contributed by atoms with Crippen molar-refractivity contribution in [2.75, 3.05) is 70.9 Å². The number of methoxy groups -OCH3 is 2. The lowest BCUT2D eigenvalue weighted by Gasteiger charge is -2.45. The molecule has 278 valence electrons. The van der Waals surface area contributed by atoms with Gasteiger partial charge in [-0.25, -0.2) is 17.5 Å². The maximum Gasteiger partial charge on any atom is 0.264 e. The van der Waals surface area contributed by atoms with Gasteiger partial charge in [0.2, 0.25) is 15.9 Å². The number of halogens is 2. The van der Waals surface area contributed by atoms with Crippen LogP contribution in [-0.2, 0) is 36.1 Å². The van der Waals surface area contributed by atoms with Gasteiger partial charge in [-0.3, -0.25) is 14.5 Å². The van der Waals surface area contributed by atoms with Gasteiger partial charge in [0.1, 0.15) is 17.6 Å². The van der Waals surface area contributed by atoms with Crippen LogP contribution in [0.3, 0.4) is 0 Å². The average Bonchev–Trinajstić information content (AvgIpc) is 3.50. The molecule has 3 heterocycles. The molecule has 0 unspecified atom stereocenters. The van der Waals surface area contributed by atoms with E-state index in [9.17, 15) is 18.0 Å². The van der Waals surface area contributed by atoms with Gasteiger partial charge in [-0.15, -0.1) is 0 Å². The Morgan fingerprint density at radius 2 is 1.90 bits per heavy atom. The van der Waals surface area contributed by atoms with Crippen molar-refractivity contribution >= 4 is 39.1 Å². The second-order valence-corrected chi connectivity index (χ2v) is 16.5. The summed E-state index contributed by atoms with van der Waals surface area (Å²) in [5.41, 5.74) is 2.55. The molecule has 1 aliphatic carbocycles. The van der Waals surface area contributed by atoms with Gasteiger partial charge in [-0.1, -0.05) is 30.7 Å². The average molecular weight is 747 g/mol. The molecule has 2 aromatic rings. The second-order valence-electron chi connectivity index (χ2n) is 14.3. The lowest BCUT2D eigenvalue weighted by molar-refractivity contribution is -0.138. The normalized spacial score (nSPS) is 27.5. The number of nitrogens with zero attached hydrogens (tertiary/aromatic N) is 3. The molecular formula is C37H48ClFN4O7S. The molecule has 11 nitrogen and oxygen atoms in total. The zero-order valence-corrected chi connectivity index (χ0v) is 31.1. The van der Waals surface area contributed by atoms with Crippen molar-refractivity contribution in [2.45, 2.75) is 63.1 Å². The zero-order valence-electron chi connectivity index (χ0n) is 29.5. The molecule has 4 atom stereocenters. The van der Waals surface area contributed by atoms with Crippen LogP contribution in [0.2, 0.25) is 5.02 Å². The summed E-state index contributed by atoms with van der Waals surface area (Å²) in [6.07, 6.45) is 4.87. The van der Waals surface area contributed by atoms with E-state index in [2.05, 4.69) is 15.7 Å². The maximum absolute atomic E-state index is 16.9. The minimum absolute atomic E-state index is 0.0528. The number of fused-ring (bicyclic) bond motifs is 5. The van der Waals surface area contributed by atoms with Crippen LogP contribution in [0.4, 0.5) is 10.1 Å². The minimum atomic E-state index is -4.07. The summed E-state index contributed by atoms with van der Waals surface area (Å²) < 4.78 is 62.6. The van der Waals surface area contributed by atoms with Crippen molar-refractivity contribution in [1.29, 1.82) is 0 Å².